The average Bonchev–Trinajstić information content (AvgIpc) is 2.44. The minimum atomic E-state index is -0.797. The summed E-state index contributed by atoms with van der Waals surface area (Å²) in [7, 11) is 0. The Morgan fingerprint density at radius 2 is 2.12 bits per heavy atom. The summed E-state index contributed by atoms with van der Waals surface area (Å²) in [6, 6.07) is 1.90. The summed E-state index contributed by atoms with van der Waals surface area (Å²) < 4.78 is 0. The molecule has 1 rings (SSSR count). The van der Waals surface area contributed by atoms with Crippen molar-refractivity contribution in [2.75, 3.05) is 0 Å². The summed E-state index contributed by atoms with van der Waals surface area (Å²) in [4.78, 5) is 13.3. The van der Waals surface area contributed by atoms with Crippen molar-refractivity contribution in [3.05, 3.63) is 21.4 Å². The van der Waals surface area contributed by atoms with E-state index in [-0.39, 0.29) is 6.04 Å². The van der Waals surface area contributed by atoms with Gasteiger partial charge in [-0.3, -0.25) is 4.79 Å². The van der Waals surface area contributed by atoms with Gasteiger partial charge in [0.2, 0.25) is 0 Å². The fourth-order valence-corrected chi connectivity index (χ4v) is 2.79. The molecule has 0 aliphatic heterocycles. The molecule has 0 radical (unpaired) electrons. The molecule has 3 nitrogen and oxygen atoms in total. The second-order valence-corrected chi connectivity index (χ2v) is 6.19. The Morgan fingerprint density at radius 1 is 1.56 bits per heavy atom. The minimum Gasteiger partial charge on any atom is -0.481 e. The molecule has 1 aromatic heterocycles. The average molecular weight is 241 g/mol. The van der Waals surface area contributed by atoms with Gasteiger partial charge in [-0.25, -0.2) is 0 Å². The van der Waals surface area contributed by atoms with Gasteiger partial charge >= 0.3 is 5.97 Å². The highest BCUT2D eigenvalue weighted by Crippen LogP contribution is 2.34. The molecule has 16 heavy (non-hydrogen) atoms. The number of hydrogen-bond acceptors (Lipinski definition) is 3. The first-order valence-corrected chi connectivity index (χ1v) is 6.11. The lowest BCUT2D eigenvalue weighted by Gasteiger charge is -2.23. The highest BCUT2D eigenvalue weighted by atomic mass is 32.1. The number of carbonyl (C=O) groups is 1. The van der Waals surface area contributed by atoms with E-state index in [1.54, 1.807) is 25.2 Å². The van der Waals surface area contributed by atoms with Gasteiger partial charge in [0.05, 0.1) is 5.41 Å². The van der Waals surface area contributed by atoms with Crippen LogP contribution in [0.2, 0.25) is 0 Å². The third-order valence-electron chi connectivity index (χ3n) is 2.73. The Kier molecular flexibility index (Phi) is 3.76. The number of aryl methyl sites for hydroxylation is 2. The first-order chi connectivity index (χ1) is 7.24. The summed E-state index contributed by atoms with van der Waals surface area (Å²) in [5.41, 5.74) is 6.47. The third kappa shape index (κ3) is 2.83. The Balaban J connectivity index is 2.84. The van der Waals surface area contributed by atoms with Crippen LogP contribution in [-0.4, -0.2) is 11.1 Å². The van der Waals surface area contributed by atoms with Gasteiger partial charge in [-0.2, -0.15) is 0 Å². The second kappa shape index (κ2) is 4.55. The van der Waals surface area contributed by atoms with Crippen LogP contribution in [0.25, 0.3) is 0 Å². The quantitative estimate of drug-likeness (QED) is 0.852. The predicted octanol–water partition coefficient (Wildman–Crippen LogP) is 2.87. The summed E-state index contributed by atoms with van der Waals surface area (Å²) in [5, 5.41) is 9.06. The van der Waals surface area contributed by atoms with Gasteiger partial charge in [-0.1, -0.05) is 0 Å². The molecule has 0 bridgehead atoms. The van der Waals surface area contributed by atoms with Crippen LogP contribution in [0.3, 0.4) is 0 Å². The van der Waals surface area contributed by atoms with Gasteiger partial charge in [-0.15, -0.1) is 11.3 Å². The van der Waals surface area contributed by atoms with E-state index in [2.05, 4.69) is 6.07 Å². The van der Waals surface area contributed by atoms with Crippen LogP contribution in [0.4, 0.5) is 0 Å². The zero-order valence-electron chi connectivity index (χ0n) is 10.2. The fourth-order valence-electron chi connectivity index (χ4n) is 1.76. The Morgan fingerprint density at radius 3 is 2.50 bits per heavy atom. The lowest BCUT2D eigenvalue weighted by atomic mass is 9.85. The maximum atomic E-state index is 11.0. The summed E-state index contributed by atoms with van der Waals surface area (Å²) >= 11 is 1.66. The molecule has 1 aromatic rings. The zero-order valence-corrected chi connectivity index (χ0v) is 11.0. The van der Waals surface area contributed by atoms with Crippen molar-refractivity contribution < 1.29 is 9.90 Å². The molecule has 0 saturated heterocycles. The minimum absolute atomic E-state index is 0.190. The number of hydrogen-bond donors (Lipinski definition) is 2. The van der Waals surface area contributed by atoms with E-state index >= 15 is 0 Å². The smallest absolute Gasteiger partial charge is 0.309 e. The van der Waals surface area contributed by atoms with E-state index in [9.17, 15) is 4.79 Å². The van der Waals surface area contributed by atoms with Crippen LogP contribution in [0.1, 0.15) is 41.6 Å². The largest absolute Gasteiger partial charge is 0.481 e. The lowest BCUT2D eigenvalue weighted by molar-refractivity contribution is -0.147. The van der Waals surface area contributed by atoms with Crippen LogP contribution in [-0.2, 0) is 4.79 Å². The number of aliphatic carboxylic acids is 1. The van der Waals surface area contributed by atoms with Gasteiger partial charge in [-0.05, 0) is 45.7 Å². The van der Waals surface area contributed by atoms with Gasteiger partial charge in [0.15, 0.2) is 0 Å². The molecule has 0 spiro atoms. The van der Waals surface area contributed by atoms with Crippen molar-refractivity contribution >= 4 is 17.3 Å². The normalized spacial score (nSPS) is 13.8. The summed E-state index contributed by atoms with van der Waals surface area (Å²) in [6.45, 7) is 7.48. The molecule has 0 fully saturated rings. The van der Waals surface area contributed by atoms with Crippen LogP contribution in [0.15, 0.2) is 6.07 Å². The third-order valence-corrected chi connectivity index (χ3v) is 4.01. The van der Waals surface area contributed by atoms with Crippen LogP contribution >= 0.6 is 11.3 Å². The van der Waals surface area contributed by atoms with Gasteiger partial charge in [0.25, 0.3) is 0 Å². The van der Waals surface area contributed by atoms with E-state index in [1.807, 2.05) is 13.8 Å². The molecule has 0 aliphatic rings. The van der Waals surface area contributed by atoms with E-state index in [0.29, 0.717) is 6.42 Å². The molecule has 0 amide bonds. The van der Waals surface area contributed by atoms with Crippen molar-refractivity contribution in [3.63, 3.8) is 0 Å². The van der Waals surface area contributed by atoms with E-state index in [0.717, 1.165) is 10.4 Å². The molecule has 3 N–H and O–H groups in total. The first-order valence-electron chi connectivity index (χ1n) is 5.30. The fraction of sp³-hybridized carbons (Fsp3) is 0.583. The molecule has 0 aliphatic carbocycles. The zero-order chi connectivity index (χ0) is 12.5. The standard InChI is InChI=1S/C12H19NO2S/c1-7-5-8(2)16-10(7)9(13)6-12(3,4)11(14)15/h5,9H,6,13H2,1-4H3,(H,14,15). The second-order valence-electron chi connectivity index (χ2n) is 4.90. The Bertz CT molecular complexity index is 396. The SMILES string of the molecule is Cc1cc(C)c(C(N)CC(C)(C)C(=O)O)s1. The lowest BCUT2D eigenvalue weighted by Crippen LogP contribution is -2.28. The van der Waals surface area contributed by atoms with Crippen molar-refractivity contribution in [2.24, 2.45) is 11.1 Å². The Hall–Kier alpha value is -0.870. The number of thiophene rings is 1. The van der Waals surface area contributed by atoms with Gasteiger partial charge in [0.1, 0.15) is 0 Å². The maximum Gasteiger partial charge on any atom is 0.309 e. The van der Waals surface area contributed by atoms with Gasteiger partial charge in [0, 0.05) is 15.8 Å². The summed E-state index contributed by atoms with van der Waals surface area (Å²) in [5.74, 6) is -0.797. The molecular formula is C12H19NO2S. The van der Waals surface area contributed by atoms with Gasteiger partial charge < -0.3 is 10.8 Å². The maximum absolute atomic E-state index is 11.0. The van der Waals surface area contributed by atoms with E-state index < -0.39 is 11.4 Å². The van der Waals surface area contributed by atoms with Crippen molar-refractivity contribution in [2.45, 2.75) is 40.2 Å². The monoisotopic (exact) mass is 241 g/mol. The molecule has 4 heteroatoms. The van der Waals surface area contributed by atoms with Crippen molar-refractivity contribution in [1.82, 2.24) is 0 Å². The van der Waals surface area contributed by atoms with E-state index in [1.165, 1.54) is 4.88 Å². The summed E-state index contributed by atoms with van der Waals surface area (Å²) in [6.07, 6.45) is 0.461. The predicted molar refractivity (Wildman–Crippen MR) is 66.8 cm³/mol. The molecule has 0 saturated carbocycles. The topological polar surface area (TPSA) is 63.3 Å². The molecule has 1 heterocycles. The van der Waals surface area contributed by atoms with Crippen molar-refractivity contribution in [3.8, 4) is 0 Å². The number of carboxylic acids is 1. The Labute approximate surface area is 100 Å². The number of nitrogens with two attached hydrogens (primary N) is 1. The number of carboxylic acid groups (broad SMARTS) is 1. The van der Waals surface area contributed by atoms with Crippen LogP contribution in [0.5, 0.6) is 0 Å². The van der Waals surface area contributed by atoms with Crippen LogP contribution in [0, 0.1) is 19.3 Å². The van der Waals surface area contributed by atoms with Crippen LogP contribution < -0.4 is 5.73 Å². The first kappa shape index (κ1) is 13.2. The number of rotatable bonds is 4. The van der Waals surface area contributed by atoms with Crippen molar-refractivity contribution in [1.29, 1.82) is 0 Å². The highest BCUT2D eigenvalue weighted by Gasteiger charge is 2.30. The molecule has 0 aromatic carbocycles. The van der Waals surface area contributed by atoms with E-state index in [4.69, 9.17) is 10.8 Å². The molecular weight excluding hydrogens is 222 g/mol. The highest BCUT2D eigenvalue weighted by molar-refractivity contribution is 7.12. The molecule has 1 unspecified atom stereocenters. The molecule has 90 valence electrons. The molecule has 1 atom stereocenters.